The van der Waals surface area contributed by atoms with Gasteiger partial charge in [-0.25, -0.2) is 0 Å². The van der Waals surface area contributed by atoms with Crippen molar-refractivity contribution < 1.29 is 14.7 Å². The fraction of sp³-hybridized carbons (Fsp3) is 0.571. The largest absolute Gasteiger partial charge is 0.481 e. The maximum Gasteiger partial charge on any atom is 0.311 e. The van der Waals surface area contributed by atoms with Crippen molar-refractivity contribution in [2.24, 2.45) is 5.41 Å². The van der Waals surface area contributed by atoms with Gasteiger partial charge in [0.1, 0.15) is 5.82 Å². The molecule has 1 heterocycles. The number of hydrogen-bond donors (Lipinski definition) is 2. The predicted molar refractivity (Wildman–Crippen MR) is 77.1 cm³/mol. The average molecular weight is 292 g/mol. The molecular weight excluding hydrogens is 272 g/mol. The van der Waals surface area contributed by atoms with E-state index in [4.69, 9.17) is 0 Å². The number of amides is 1. The normalized spacial score (nSPS) is 24.6. The van der Waals surface area contributed by atoms with Gasteiger partial charge in [0, 0.05) is 20.1 Å². The van der Waals surface area contributed by atoms with Crippen LogP contribution in [0.15, 0.2) is 12.1 Å². The second-order valence-corrected chi connectivity index (χ2v) is 5.82. The fourth-order valence-corrected chi connectivity index (χ4v) is 2.58. The molecule has 1 aliphatic carbocycles. The summed E-state index contributed by atoms with van der Waals surface area (Å²) in [6.07, 6.45) is 2.29. The Kier molecular flexibility index (Phi) is 4.11. The number of rotatable bonds is 4. The van der Waals surface area contributed by atoms with Crippen LogP contribution in [0, 0.1) is 5.41 Å². The van der Waals surface area contributed by atoms with Gasteiger partial charge in [0.05, 0.1) is 5.41 Å². The Balaban J connectivity index is 2.10. The molecule has 2 unspecified atom stereocenters. The van der Waals surface area contributed by atoms with Crippen LogP contribution in [0.5, 0.6) is 0 Å². The van der Waals surface area contributed by atoms with E-state index in [1.807, 2.05) is 0 Å². The van der Waals surface area contributed by atoms with E-state index in [1.54, 1.807) is 33.2 Å². The van der Waals surface area contributed by atoms with Crippen LogP contribution in [0.3, 0.4) is 0 Å². The smallest absolute Gasteiger partial charge is 0.311 e. The molecule has 1 aromatic rings. The zero-order valence-corrected chi connectivity index (χ0v) is 12.5. The summed E-state index contributed by atoms with van der Waals surface area (Å²) in [5, 5.41) is 20.4. The van der Waals surface area contributed by atoms with Gasteiger partial charge in [-0.05, 0) is 31.9 Å². The number of carbonyl (C=O) groups excluding carboxylic acids is 1. The standard InChI is InChI=1S/C14H20N4O3/c1-14(13(20)21)8-4-5-10(14)15-11-7-6-9(16-17-11)12(19)18(2)3/h6-7,10H,4-5,8H2,1-3H3,(H,15,17)(H,20,21). The molecule has 2 N–H and O–H groups in total. The van der Waals surface area contributed by atoms with Gasteiger partial charge in [-0.15, -0.1) is 10.2 Å². The summed E-state index contributed by atoms with van der Waals surface area (Å²) >= 11 is 0. The average Bonchev–Trinajstić information content (AvgIpc) is 2.81. The first-order valence-corrected chi connectivity index (χ1v) is 6.90. The van der Waals surface area contributed by atoms with Crippen molar-refractivity contribution in [1.82, 2.24) is 15.1 Å². The van der Waals surface area contributed by atoms with Crippen LogP contribution < -0.4 is 5.32 Å². The highest BCUT2D eigenvalue weighted by Crippen LogP contribution is 2.39. The zero-order chi connectivity index (χ0) is 15.6. The Bertz CT molecular complexity index is 544. The quantitative estimate of drug-likeness (QED) is 0.866. The minimum absolute atomic E-state index is 0.181. The number of nitrogens with zero attached hydrogens (tertiary/aromatic N) is 3. The molecule has 114 valence electrons. The van der Waals surface area contributed by atoms with Gasteiger partial charge in [-0.2, -0.15) is 0 Å². The molecule has 2 atom stereocenters. The van der Waals surface area contributed by atoms with Crippen LogP contribution in [0.25, 0.3) is 0 Å². The molecule has 7 heteroatoms. The molecule has 2 rings (SSSR count). The maximum atomic E-state index is 11.7. The fourth-order valence-electron chi connectivity index (χ4n) is 2.58. The van der Waals surface area contributed by atoms with Gasteiger partial charge in [0.2, 0.25) is 0 Å². The number of anilines is 1. The monoisotopic (exact) mass is 292 g/mol. The number of nitrogens with one attached hydrogen (secondary N) is 1. The van der Waals surface area contributed by atoms with Gasteiger partial charge in [0.15, 0.2) is 5.69 Å². The summed E-state index contributed by atoms with van der Waals surface area (Å²) in [6, 6.07) is 3.06. The number of aliphatic carboxylic acids is 1. The predicted octanol–water partition coefficient (Wildman–Crippen LogP) is 1.23. The van der Waals surface area contributed by atoms with Crippen molar-refractivity contribution in [2.45, 2.75) is 32.2 Å². The van der Waals surface area contributed by atoms with E-state index >= 15 is 0 Å². The lowest BCUT2D eigenvalue weighted by Gasteiger charge is -2.27. The molecule has 0 aromatic carbocycles. The third-order valence-corrected chi connectivity index (χ3v) is 4.06. The second-order valence-electron chi connectivity index (χ2n) is 5.82. The Morgan fingerprint density at radius 2 is 2.10 bits per heavy atom. The molecule has 0 bridgehead atoms. The van der Waals surface area contributed by atoms with E-state index in [0.29, 0.717) is 12.2 Å². The van der Waals surface area contributed by atoms with E-state index in [0.717, 1.165) is 12.8 Å². The Hall–Kier alpha value is -2.18. The van der Waals surface area contributed by atoms with Crippen LogP contribution in [-0.4, -0.2) is 52.2 Å². The Morgan fingerprint density at radius 1 is 1.38 bits per heavy atom. The summed E-state index contributed by atoms with van der Waals surface area (Å²) in [5.74, 6) is -0.528. The van der Waals surface area contributed by atoms with Crippen LogP contribution in [-0.2, 0) is 4.79 Å². The number of carboxylic acid groups (broad SMARTS) is 1. The molecule has 1 saturated carbocycles. The van der Waals surface area contributed by atoms with Gasteiger partial charge in [-0.3, -0.25) is 9.59 Å². The van der Waals surface area contributed by atoms with E-state index in [9.17, 15) is 14.7 Å². The van der Waals surface area contributed by atoms with Crippen LogP contribution in [0.2, 0.25) is 0 Å². The molecule has 1 fully saturated rings. The Morgan fingerprint density at radius 3 is 2.62 bits per heavy atom. The van der Waals surface area contributed by atoms with Crippen molar-refractivity contribution in [3.8, 4) is 0 Å². The van der Waals surface area contributed by atoms with Gasteiger partial charge >= 0.3 is 5.97 Å². The molecular formula is C14H20N4O3. The first kappa shape index (κ1) is 15.2. The summed E-state index contributed by atoms with van der Waals surface area (Å²) in [5.41, 5.74) is -0.530. The summed E-state index contributed by atoms with van der Waals surface area (Å²) in [4.78, 5) is 24.6. The third kappa shape index (κ3) is 2.96. The molecule has 1 aromatic heterocycles. The molecule has 21 heavy (non-hydrogen) atoms. The van der Waals surface area contributed by atoms with Crippen LogP contribution >= 0.6 is 0 Å². The van der Waals surface area contributed by atoms with Gasteiger partial charge in [0.25, 0.3) is 5.91 Å². The van der Waals surface area contributed by atoms with Crippen LogP contribution in [0.4, 0.5) is 5.82 Å². The molecule has 1 aliphatic rings. The second kappa shape index (κ2) is 5.67. The zero-order valence-electron chi connectivity index (χ0n) is 12.5. The first-order chi connectivity index (χ1) is 9.84. The van der Waals surface area contributed by atoms with Crippen molar-refractivity contribution in [3.05, 3.63) is 17.8 Å². The molecule has 0 aliphatic heterocycles. The summed E-state index contributed by atoms with van der Waals surface area (Å²) in [6.45, 7) is 1.75. The van der Waals surface area contributed by atoms with E-state index in [2.05, 4.69) is 15.5 Å². The van der Waals surface area contributed by atoms with Gasteiger partial charge in [-0.1, -0.05) is 6.42 Å². The lowest BCUT2D eigenvalue weighted by molar-refractivity contribution is -0.147. The highest BCUT2D eigenvalue weighted by Gasteiger charge is 2.45. The third-order valence-electron chi connectivity index (χ3n) is 4.06. The molecule has 0 radical (unpaired) electrons. The number of aromatic nitrogens is 2. The molecule has 0 saturated heterocycles. The molecule has 0 spiro atoms. The molecule has 7 nitrogen and oxygen atoms in total. The lowest BCUT2D eigenvalue weighted by Crippen LogP contribution is -2.40. The minimum atomic E-state index is -0.801. The topological polar surface area (TPSA) is 95.4 Å². The lowest BCUT2D eigenvalue weighted by atomic mass is 9.85. The van der Waals surface area contributed by atoms with E-state index in [-0.39, 0.29) is 17.6 Å². The highest BCUT2D eigenvalue weighted by atomic mass is 16.4. The van der Waals surface area contributed by atoms with Crippen molar-refractivity contribution in [1.29, 1.82) is 0 Å². The number of carboxylic acids is 1. The van der Waals surface area contributed by atoms with Crippen molar-refractivity contribution in [2.75, 3.05) is 19.4 Å². The highest BCUT2D eigenvalue weighted by molar-refractivity contribution is 5.91. The van der Waals surface area contributed by atoms with E-state index in [1.165, 1.54) is 4.90 Å². The first-order valence-electron chi connectivity index (χ1n) is 6.90. The minimum Gasteiger partial charge on any atom is -0.481 e. The van der Waals surface area contributed by atoms with Crippen molar-refractivity contribution in [3.63, 3.8) is 0 Å². The summed E-state index contributed by atoms with van der Waals surface area (Å²) in [7, 11) is 3.29. The number of carbonyl (C=O) groups is 2. The molecule has 1 amide bonds. The SMILES string of the molecule is CN(C)C(=O)c1ccc(NC2CCCC2(C)C(=O)O)nn1. The number of hydrogen-bond acceptors (Lipinski definition) is 5. The Labute approximate surface area is 123 Å². The summed E-state index contributed by atoms with van der Waals surface area (Å²) < 4.78 is 0. The van der Waals surface area contributed by atoms with Gasteiger partial charge < -0.3 is 15.3 Å². The van der Waals surface area contributed by atoms with Crippen LogP contribution in [0.1, 0.15) is 36.7 Å². The maximum absolute atomic E-state index is 11.7. The van der Waals surface area contributed by atoms with E-state index < -0.39 is 11.4 Å². The van der Waals surface area contributed by atoms with Crippen molar-refractivity contribution >= 4 is 17.7 Å².